The summed E-state index contributed by atoms with van der Waals surface area (Å²) in [5, 5.41) is 0. The number of benzene rings is 1. The second-order valence-electron chi connectivity index (χ2n) is 4.84. The predicted octanol–water partition coefficient (Wildman–Crippen LogP) is 4.66. The quantitative estimate of drug-likeness (QED) is 0.541. The van der Waals surface area contributed by atoms with Crippen molar-refractivity contribution in [3.05, 3.63) is 37.3 Å². The van der Waals surface area contributed by atoms with Gasteiger partial charge in [-0.15, -0.1) is 0 Å². The van der Waals surface area contributed by atoms with E-state index >= 15 is 0 Å². The lowest BCUT2D eigenvalue weighted by Crippen LogP contribution is -2.24. The summed E-state index contributed by atoms with van der Waals surface area (Å²) in [7, 11) is 1.68. The molecule has 0 bridgehead atoms. The molecule has 0 aromatic heterocycles. The molecule has 0 radical (unpaired) electrons. The van der Waals surface area contributed by atoms with Crippen molar-refractivity contribution in [3.8, 4) is 5.75 Å². The average molecular weight is 251 g/mol. The van der Waals surface area contributed by atoms with Crippen molar-refractivity contribution in [2.24, 2.45) is 5.92 Å². The zero-order valence-electron chi connectivity index (χ0n) is 12.6. The molecule has 0 aliphatic carbocycles. The third-order valence-electron chi connectivity index (χ3n) is 3.09. The highest BCUT2D eigenvalue weighted by molar-refractivity contribution is 5.29. The fraction of sp³-hybridized carbons (Fsp3) is 0.562. The van der Waals surface area contributed by atoms with Crippen LogP contribution in [0, 0.1) is 13.3 Å². The Balaban J connectivity index is 0.00000289. The van der Waals surface area contributed by atoms with Crippen LogP contribution in [0.1, 0.15) is 45.6 Å². The lowest BCUT2D eigenvalue weighted by atomic mass is 9.99. The third kappa shape index (κ3) is 4.69. The van der Waals surface area contributed by atoms with Gasteiger partial charge in [-0.25, -0.2) is 0 Å². The van der Waals surface area contributed by atoms with Gasteiger partial charge in [0.05, 0.1) is 0 Å². The van der Waals surface area contributed by atoms with Gasteiger partial charge in [-0.05, 0) is 30.0 Å². The van der Waals surface area contributed by atoms with Crippen LogP contribution in [-0.4, -0.2) is 13.4 Å². The van der Waals surface area contributed by atoms with Gasteiger partial charge in [-0.3, -0.25) is 0 Å². The van der Waals surface area contributed by atoms with Crippen LogP contribution in [-0.2, 0) is 4.74 Å². The van der Waals surface area contributed by atoms with Crippen LogP contribution in [0.15, 0.2) is 24.3 Å². The van der Waals surface area contributed by atoms with Gasteiger partial charge in [0, 0.05) is 13.0 Å². The number of rotatable bonds is 6. The first kappa shape index (κ1) is 17.0. The van der Waals surface area contributed by atoms with E-state index in [0.717, 1.165) is 12.2 Å². The molecule has 2 unspecified atom stereocenters. The normalized spacial score (nSPS) is 13.9. The molecule has 0 saturated carbocycles. The van der Waals surface area contributed by atoms with E-state index in [4.69, 9.17) is 9.47 Å². The molecule has 0 fully saturated rings. The zero-order chi connectivity index (χ0) is 12.8. The number of hydrogen-bond donors (Lipinski definition) is 0. The minimum atomic E-state index is -0.176. The Kier molecular flexibility index (Phi) is 7.69. The van der Waals surface area contributed by atoms with Crippen LogP contribution in [0.2, 0.25) is 0 Å². The van der Waals surface area contributed by atoms with Gasteiger partial charge in [0.15, 0.2) is 0 Å². The van der Waals surface area contributed by atoms with Crippen molar-refractivity contribution in [1.29, 1.82) is 0 Å². The number of methoxy groups -OCH3 is 1. The molecule has 0 saturated heterocycles. The zero-order valence-corrected chi connectivity index (χ0v) is 12.6. The van der Waals surface area contributed by atoms with Crippen LogP contribution < -0.4 is 4.74 Å². The van der Waals surface area contributed by atoms with E-state index in [0.29, 0.717) is 11.8 Å². The molecule has 0 N–H and O–H groups in total. The van der Waals surface area contributed by atoms with Gasteiger partial charge in [-0.2, -0.15) is 0 Å². The van der Waals surface area contributed by atoms with Crippen molar-refractivity contribution < 1.29 is 9.47 Å². The van der Waals surface area contributed by atoms with E-state index in [1.54, 1.807) is 7.11 Å². The van der Waals surface area contributed by atoms with Gasteiger partial charge < -0.3 is 16.9 Å². The van der Waals surface area contributed by atoms with Crippen molar-refractivity contribution in [2.75, 3.05) is 7.11 Å². The standard InChI is InChI=1S/C15H24O2.CH3/c1-6-12(4)13-7-9-14(10-8-13)17-15(16-5)11(2)3;/h7-12,15H,6H2,1-5H3;1H3/q;-1. The average Bonchev–Trinajstić information content (AvgIpc) is 2.35. The number of hydrogen-bond acceptors (Lipinski definition) is 2. The largest absolute Gasteiger partial charge is 0.465 e. The number of ether oxygens (including phenoxy) is 2. The molecule has 0 spiro atoms. The molecule has 2 atom stereocenters. The lowest BCUT2D eigenvalue weighted by Gasteiger charge is -2.21. The van der Waals surface area contributed by atoms with E-state index in [1.165, 1.54) is 5.56 Å². The third-order valence-corrected chi connectivity index (χ3v) is 3.09. The van der Waals surface area contributed by atoms with Gasteiger partial charge >= 0.3 is 0 Å². The summed E-state index contributed by atoms with van der Waals surface area (Å²) >= 11 is 0. The smallest absolute Gasteiger partial charge is 0.201 e. The predicted molar refractivity (Wildman–Crippen MR) is 77.8 cm³/mol. The van der Waals surface area contributed by atoms with Crippen molar-refractivity contribution in [2.45, 2.75) is 46.3 Å². The summed E-state index contributed by atoms with van der Waals surface area (Å²) in [5.41, 5.74) is 1.36. The van der Waals surface area contributed by atoms with Gasteiger partial charge in [-0.1, -0.05) is 39.8 Å². The summed E-state index contributed by atoms with van der Waals surface area (Å²) in [5.74, 6) is 1.82. The molecule has 1 rings (SSSR count). The first-order valence-corrected chi connectivity index (χ1v) is 6.37. The van der Waals surface area contributed by atoms with E-state index in [9.17, 15) is 0 Å². The first-order chi connectivity index (χ1) is 8.08. The van der Waals surface area contributed by atoms with Gasteiger partial charge in [0.2, 0.25) is 6.29 Å². The molecular formula is C16H27O2-. The van der Waals surface area contributed by atoms with Crippen LogP contribution in [0.3, 0.4) is 0 Å². The van der Waals surface area contributed by atoms with E-state index < -0.39 is 0 Å². The summed E-state index contributed by atoms with van der Waals surface area (Å²) in [4.78, 5) is 0. The first-order valence-electron chi connectivity index (χ1n) is 6.37. The lowest BCUT2D eigenvalue weighted by molar-refractivity contribution is -0.0833. The summed E-state index contributed by atoms with van der Waals surface area (Å²) in [6.07, 6.45) is 0.983. The van der Waals surface area contributed by atoms with Crippen LogP contribution in [0.4, 0.5) is 0 Å². The second-order valence-corrected chi connectivity index (χ2v) is 4.84. The van der Waals surface area contributed by atoms with E-state index in [1.807, 2.05) is 12.1 Å². The monoisotopic (exact) mass is 251 g/mol. The van der Waals surface area contributed by atoms with Crippen molar-refractivity contribution >= 4 is 0 Å². The van der Waals surface area contributed by atoms with Crippen molar-refractivity contribution in [1.82, 2.24) is 0 Å². The van der Waals surface area contributed by atoms with Crippen LogP contribution in [0.5, 0.6) is 5.75 Å². The SMILES string of the molecule is CCC(C)c1ccc(OC(OC)C(C)C)cc1.[CH3-]. The highest BCUT2D eigenvalue weighted by Gasteiger charge is 2.13. The molecular weight excluding hydrogens is 224 g/mol. The summed E-state index contributed by atoms with van der Waals surface area (Å²) in [6, 6.07) is 8.32. The Morgan fingerprint density at radius 3 is 2.00 bits per heavy atom. The van der Waals surface area contributed by atoms with Crippen molar-refractivity contribution in [3.63, 3.8) is 0 Å². The maximum absolute atomic E-state index is 5.77. The van der Waals surface area contributed by atoms with Gasteiger partial charge in [0.25, 0.3) is 0 Å². The highest BCUT2D eigenvalue weighted by atomic mass is 16.7. The molecule has 2 nitrogen and oxygen atoms in total. The Labute approximate surface area is 112 Å². The molecule has 1 aromatic rings. The Hall–Kier alpha value is -1.02. The fourth-order valence-electron chi connectivity index (χ4n) is 1.70. The molecule has 1 aromatic carbocycles. The molecule has 18 heavy (non-hydrogen) atoms. The second kappa shape index (κ2) is 8.15. The molecule has 0 aliphatic rings. The summed E-state index contributed by atoms with van der Waals surface area (Å²) < 4.78 is 11.1. The van der Waals surface area contributed by atoms with E-state index in [2.05, 4.69) is 39.8 Å². The molecule has 104 valence electrons. The van der Waals surface area contributed by atoms with Crippen LogP contribution in [0.25, 0.3) is 0 Å². The van der Waals surface area contributed by atoms with Gasteiger partial charge in [0.1, 0.15) is 5.75 Å². The highest BCUT2D eigenvalue weighted by Crippen LogP contribution is 2.23. The Bertz CT molecular complexity index is 316. The summed E-state index contributed by atoms with van der Waals surface area (Å²) in [6.45, 7) is 8.61. The minimum absolute atomic E-state index is 0. The maximum Gasteiger partial charge on any atom is 0.201 e. The van der Waals surface area contributed by atoms with Crippen LogP contribution >= 0.6 is 0 Å². The Morgan fingerprint density at radius 2 is 1.61 bits per heavy atom. The molecule has 0 amide bonds. The molecule has 0 heterocycles. The molecule has 0 aliphatic heterocycles. The minimum Gasteiger partial charge on any atom is -0.465 e. The maximum atomic E-state index is 5.77. The fourth-order valence-corrected chi connectivity index (χ4v) is 1.70. The topological polar surface area (TPSA) is 18.5 Å². The Morgan fingerprint density at radius 1 is 1.06 bits per heavy atom. The van der Waals surface area contributed by atoms with E-state index in [-0.39, 0.29) is 13.7 Å². The molecule has 2 heteroatoms.